The minimum atomic E-state index is -0.466. The quantitative estimate of drug-likeness (QED) is 0.0277. The van der Waals surface area contributed by atoms with Crippen molar-refractivity contribution in [2.45, 2.75) is 123 Å². The summed E-state index contributed by atoms with van der Waals surface area (Å²) in [5.41, 5.74) is 3.64. The molecule has 24 heteroatoms. The lowest BCUT2D eigenvalue weighted by Crippen LogP contribution is -2.40. The summed E-state index contributed by atoms with van der Waals surface area (Å²) in [4.78, 5) is 116. The first-order valence-corrected chi connectivity index (χ1v) is 32.8. The third-order valence-electron chi connectivity index (χ3n) is 14.4. The summed E-state index contributed by atoms with van der Waals surface area (Å²) in [6.07, 6.45) is 0. The van der Waals surface area contributed by atoms with E-state index in [1.807, 2.05) is 133 Å². The molecule has 0 radical (unpaired) electrons. The molecule has 0 unspecified atom stereocenters. The third kappa shape index (κ3) is 34.1. The van der Waals surface area contributed by atoms with E-state index >= 15 is 0 Å². The number of carbonyl (C=O) groups excluding carboxylic acids is 9. The summed E-state index contributed by atoms with van der Waals surface area (Å²) in [6, 6.07) is 28.5. The highest BCUT2D eigenvalue weighted by atomic mass is 16.5. The van der Waals surface area contributed by atoms with E-state index in [2.05, 4.69) is 26.6 Å². The molecule has 97 heavy (non-hydrogen) atoms. The van der Waals surface area contributed by atoms with Crippen LogP contribution >= 0.6 is 0 Å². The minimum absolute atomic E-state index is 0.0222. The van der Waals surface area contributed by atoms with Crippen molar-refractivity contribution < 1.29 is 72.7 Å². The lowest BCUT2D eigenvalue weighted by molar-refractivity contribution is -0.130. The Kier molecular flexibility index (Phi) is 40.0. The first kappa shape index (κ1) is 86.9. The van der Waals surface area contributed by atoms with Crippen molar-refractivity contribution in [1.82, 2.24) is 46.2 Å². The standard InChI is InChI=1S/C19H29N3O3.C19H30N2O4.C18H28N2O4.C17H26N2O4/c1-6-22(7-2)16(23)13-20-17(24)15-10-8-9-14(11-15)12-21-18(25)19(3,4)5;1-19(2,3)18(23)20-14-15-7-6-8-16(13-15)17(22)21(9-11-24-4)10-12-25-5;1-18(2,3)17(23)19-13-14-6-5-7-15(12-14)16(22)20(8-10-21)9-11-24-4;1-17(2,3)16(23)18-12-13-5-4-6-14(11-13)15(22)19(7-9-20)8-10-21/h8-11H,6-7,12-13H2,1-5H3,(H,20,24)(H,21,25);6-8,13H,9-12,14H2,1-5H3,(H,20,23);5-7,12,21H,8-11,13H2,1-4H3,(H,19,23);4-6,11,20-21H,7-10,12H2,1-3H3,(H,18,23). The molecule has 4 aromatic carbocycles. The summed E-state index contributed by atoms with van der Waals surface area (Å²) in [5, 5.41) is 41.3. The molecule has 9 amide bonds. The fourth-order valence-electron chi connectivity index (χ4n) is 8.46. The van der Waals surface area contributed by atoms with Gasteiger partial charge >= 0.3 is 0 Å². The monoisotopic (exact) mass is 1360 g/mol. The maximum atomic E-state index is 12.7. The van der Waals surface area contributed by atoms with Gasteiger partial charge in [0.15, 0.2) is 0 Å². The molecular formula is C73H113N9O15. The molecule has 0 fully saturated rings. The van der Waals surface area contributed by atoms with Gasteiger partial charge < -0.3 is 75.7 Å². The summed E-state index contributed by atoms with van der Waals surface area (Å²) in [5.74, 6) is -1.06. The molecule has 0 saturated heterocycles. The lowest BCUT2D eigenvalue weighted by atomic mass is 9.95. The number of nitrogens with one attached hydrogen (secondary N) is 5. The van der Waals surface area contributed by atoms with Gasteiger partial charge in [0.25, 0.3) is 23.6 Å². The zero-order valence-electron chi connectivity index (χ0n) is 60.7. The van der Waals surface area contributed by atoms with Crippen LogP contribution in [-0.2, 0) is 64.4 Å². The van der Waals surface area contributed by atoms with Gasteiger partial charge in [-0.25, -0.2) is 0 Å². The van der Waals surface area contributed by atoms with Gasteiger partial charge in [-0.3, -0.25) is 43.2 Å². The van der Waals surface area contributed by atoms with Gasteiger partial charge in [-0.05, 0) is 84.6 Å². The van der Waals surface area contributed by atoms with Gasteiger partial charge in [-0.1, -0.05) is 132 Å². The van der Waals surface area contributed by atoms with Crippen molar-refractivity contribution in [3.05, 3.63) is 142 Å². The summed E-state index contributed by atoms with van der Waals surface area (Å²) in [6.45, 7) is 31.6. The molecule has 0 heterocycles. The van der Waals surface area contributed by atoms with Crippen LogP contribution in [0.1, 0.15) is 161 Å². The number of likely N-dealkylation sites (N-methyl/N-ethyl adjacent to an activating group) is 1. The Morgan fingerprint density at radius 2 is 0.608 bits per heavy atom. The first-order valence-electron chi connectivity index (χ1n) is 32.8. The number of amides is 9. The molecule has 0 aromatic heterocycles. The third-order valence-corrected chi connectivity index (χ3v) is 14.4. The molecule has 4 rings (SSSR count). The molecule has 0 saturated carbocycles. The number of aliphatic hydroxyl groups is 3. The van der Waals surface area contributed by atoms with E-state index in [0.29, 0.717) is 101 Å². The Morgan fingerprint density at radius 1 is 0.361 bits per heavy atom. The normalized spacial score (nSPS) is 11.1. The van der Waals surface area contributed by atoms with Gasteiger partial charge in [-0.15, -0.1) is 0 Å². The fourth-order valence-corrected chi connectivity index (χ4v) is 8.46. The topological polar surface area (TPSA) is 315 Å². The van der Waals surface area contributed by atoms with Crippen LogP contribution in [0, 0.1) is 21.7 Å². The van der Waals surface area contributed by atoms with Crippen LogP contribution in [0.4, 0.5) is 0 Å². The van der Waals surface area contributed by atoms with Crippen molar-refractivity contribution >= 4 is 53.2 Å². The fraction of sp³-hybridized carbons (Fsp3) is 0.548. The van der Waals surface area contributed by atoms with Crippen LogP contribution in [0.2, 0.25) is 0 Å². The Bertz CT molecular complexity index is 3080. The minimum Gasteiger partial charge on any atom is -0.395 e. The second kappa shape index (κ2) is 44.6. The average molecular weight is 1360 g/mol. The second-order valence-corrected chi connectivity index (χ2v) is 26.8. The van der Waals surface area contributed by atoms with E-state index in [-0.39, 0.29) is 99.2 Å². The van der Waals surface area contributed by atoms with E-state index in [1.54, 1.807) is 96.7 Å². The molecule has 24 nitrogen and oxygen atoms in total. The number of benzene rings is 4. The number of nitrogens with zero attached hydrogens (tertiary/aromatic N) is 4. The maximum Gasteiger partial charge on any atom is 0.254 e. The highest BCUT2D eigenvalue weighted by Crippen LogP contribution is 2.18. The van der Waals surface area contributed by atoms with Crippen LogP contribution in [0.15, 0.2) is 97.1 Å². The van der Waals surface area contributed by atoms with Crippen molar-refractivity contribution in [2.75, 3.05) is 120 Å². The van der Waals surface area contributed by atoms with Crippen LogP contribution in [-0.4, -0.2) is 208 Å². The summed E-state index contributed by atoms with van der Waals surface area (Å²) < 4.78 is 15.2. The lowest BCUT2D eigenvalue weighted by Gasteiger charge is -2.22. The van der Waals surface area contributed by atoms with Crippen molar-refractivity contribution in [1.29, 1.82) is 0 Å². The zero-order valence-corrected chi connectivity index (χ0v) is 60.7. The molecule has 540 valence electrons. The maximum absolute atomic E-state index is 12.7. The van der Waals surface area contributed by atoms with Gasteiger partial charge in [0.1, 0.15) is 0 Å². The molecule has 0 atom stereocenters. The predicted octanol–water partition coefficient (Wildman–Crippen LogP) is 6.24. The van der Waals surface area contributed by atoms with Gasteiger partial charge in [0, 0.05) is 144 Å². The summed E-state index contributed by atoms with van der Waals surface area (Å²) >= 11 is 0. The van der Waals surface area contributed by atoms with E-state index < -0.39 is 21.7 Å². The van der Waals surface area contributed by atoms with Crippen LogP contribution in [0.5, 0.6) is 0 Å². The molecule has 0 bridgehead atoms. The van der Waals surface area contributed by atoms with Gasteiger partial charge in [0.2, 0.25) is 29.5 Å². The molecule has 0 spiro atoms. The number of carbonyl (C=O) groups is 9. The number of hydrogen-bond acceptors (Lipinski definition) is 15. The summed E-state index contributed by atoms with van der Waals surface area (Å²) in [7, 11) is 4.79. The number of hydrogen-bond donors (Lipinski definition) is 8. The van der Waals surface area contributed by atoms with Crippen LogP contribution in [0.3, 0.4) is 0 Å². The Morgan fingerprint density at radius 3 is 0.856 bits per heavy atom. The number of rotatable bonds is 31. The predicted molar refractivity (Wildman–Crippen MR) is 376 cm³/mol. The van der Waals surface area contributed by atoms with Crippen LogP contribution < -0.4 is 26.6 Å². The number of ether oxygens (including phenoxy) is 3. The second-order valence-electron chi connectivity index (χ2n) is 26.8. The molecular weight excluding hydrogens is 1240 g/mol. The molecule has 0 aliphatic rings. The van der Waals surface area contributed by atoms with Crippen LogP contribution in [0.25, 0.3) is 0 Å². The average Bonchev–Trinajstić information content (AvgIpc) is 0.922. The van der Waals surface area contributed by atoms with E-state index in [9.17, 15) is 43.2 Å². The Labute approximate surface area is 575 Å². The Hall–Kier alpha value is -8.13. The van der Waals surface area contributed by atoms with Gasteiger partial charge in [-0.2, -0.15) is 0 Å². The highest BCUT2D eigenvalue weighted by molar-refractivity contribution is 5.97. The smallest absolute Gasteiger partial charge is 0.254 e. The van der Waals surface area contributed by atoms with E-state index in [1.165, 1.54) is 4.90 Å². The number of aliphatic hydroxyl groups excluding tert-OH is 3. The zero-order chi connectivity index (χ0) is 73.5. The number of methoxy groups -OCH3 is 3. The van der Waals surface area contributed by atoms with Crippen molar-refractivity contribution in [3.63, 3.8) is 0 Å². The molecule has 0 aliphatic carbocycles. The molecule has 0 aliphatic heterocycles. The van der Waals surface area contributed by atoms with Gasteiger partial charge in [0.05, 0.1) is 46.2 Å². The Balaban J connectivity index is 0.000000647. The molecule has 4 aromatic rings. The van der Waals surface area contributed by atoms with E-state index in [4.69, 9.17) is 29.5 Å². The van der Waals surface area contributed by atoms with Crippen molar-refractivity contribution in [2.24, 2.45) is 21.7 Å². The van der Waals surface area contributed by atoms with E-state index in [0.717, 1.165) is 22.3 Å². The largest absolute Gasteiger partial charge is 0.395 e. The SMILES string of the molecule is CC(C)(C)C(=O)NCc1cccc(C(=O)N(CCO)CCO)c1.CCN(CC)C(=O)CNC(=O)c1cccc(CNC(=O)C(C)(C)C)c1.COCCN(CCO)C(=O)c1cccc(CNC(=O)C(C)(C)C)c1.COCCN(CCOC)C(=O)c1cccc(CNC(=O)C(C)(C)C)c1. The first-order chi connectivity index (χ1) is 45.6. The molecule has 8 N–H and O–H groups in total. The highest BCUT2D eigenvalue weighted by Gasteiger charge is 2.25. The van der Waals surface area contributed by atoms with Crippen molar-refractivity contribution in [3.8, 4) is 0 Å².